The molecule has 1 aromatic carbocycles. The van der Waals surface area contributed by atoms with Crippen LogP contribution in [0, 0.1) is 0 Å². The molecule has 0 unspecified atom stereocenters. The van der Waals surface area contributed by atoms with Gasteiger partial charge in [-0.15, -0.1) is 0 Å². The van der Waals surface area contributed by atoms with E-state index in [1.165, 1.54) is 32.1 Å². The van der Waals surface area contributed by atoms with E-state index in [2.05, 4.69) is 12.4 Å². The summed E-state index contributed by atoms with van der Waals surface area (Å²) in [6, 6.07) is 8.41. The Balaban J connectivity index is 0.000000171. The van der Waals surface area contributed by atoms with Crippen LogP contribution < -0.4 is 11.1 Å². The van der Waals surface area contributed by atoms with Crippen molar-refractivity contribution in [1.82, 2.24) is 5.32 Å². The van der Waals surface area contributed by atoms with Crippen LogP contribution in [-0.4, -0.2) is 13.1 Å². The quantitative estimate of drug-likeness (QED) is 0.850. The van der Waals surface area contributed by atoms with E-state index in [-0.39, 0.29) is 0 Å². The van der Waals surface area contributed by atoms with Crippen LogP contribution in [0.25, 0.3) is 0 Å². The fourth-order valence-corrected chi connectivity index (χ4v) is 2.27. The van der Waals surface area contributed by atoms with Crippen molar-refractivity contribution in [1.29, 1.82) is 0 Å². The Kier molecular flexibility index (Phi) is 7.25. The summed E-state index contributed by atoms with van der Waals surface area (Å²) in [4.78, 5) is 0. The molecule has 1 aromatic rings. The fraction of sp³-hybridized carbons (Fsp3) is 0.571. The van der Waals surface area contributed by atoms with Crippen molar-refractivity contribution in [3.63, 3.8) is 0 Å². The van der Waals surface area contributed by atoms with Crippen molar-refractivity contribution < 1.29 is 0 Å². The largest absolute Gasteiger partial charge is 0.326 e. The van der Waals surface area contributed by atoms with Gasteiger partial charge in [0.2, 0.25) is 0 Å². The number of halogens is 1. The summed E-state index contributed by atoms with van der Waals surface area (Å²) >= 11 is 5.74. The first-order valence-electron chi connectivity index (χ1n) is 6.38. The molecule has 0 atom stereocenters. The highest BCUT2D eigenvalue weighted by atomic mass is 35.5. The van der Waals surface area contributed by atoms with Gasteiger partial charge in [-0.2, -0.15) is 0 Å². The maximum atomic E-state index is 5.74. The Morgan fingerprint density at radius 3 is 2.29 bits per heavy atom. The molecular weight excluding hydrogens is 232 g/mol. The molecule has 0 amide bonds. The average molecular weight is 255 g/mol. The lowest BCUT2D eigenvalue weighted by Gasteiger charge is -2.20. The van der Waals surface area contributed by atoms with E-state index in [1.807, 2.05) is 24.3 Å². The normalized spacial score (nSPS) is 16.2. The van der Waals surface area contributed by atoms with Crippen molar-refractivity contribution in [2.24, 2.45) is 5.73 Å². The van der Waals surface area contributed by atoms with E-state index in [1.54, 1.807) is 0 Å². The van der Waals surface area contributed by atoms with Crippen molar-refractivity contribution in [3.8, 4) is 0 Å². The van der Waals surface area contributed by atoms with E-state index in [0.717, 1.165) is 16.6 Å². The Morgan fingerprint density at radius 2 is 1.88 bits per heavy atom. The maximum absolute atomic E-state index is 5.74. The summed E-state index contributed by atoms with van der Waals surface area (Å²) in [7, 11) is 2.07. The lowest BCUT2D eigenvalue weighted by atomic mass is 9.96. The zero-order chi connectivity index (χ0) is 12.5. The van der Waals surface area contributed by atoms with Gasteiger partial charge in [-0.1, -0.05) is 49.1 Å². The van der Waals surface area contributed by atoms with Gasteiger partial charge in [0.25, 0.3) is 0 Å². The number of benzene rings is 1. The molecule has 17 heavy (non-hydrogen) atoms. The van der Waals surface area contributed by atoms with Gasteiger partial charge in [-0.25, -0.2) is 0 Å². The van der Waals surface area contributed by atoms with Crippen LogP contribution in [-0.2, 0) is 6.54 Å². The number of hydrogen-bond acceptors (Lipinski definition) is 2. The van der Waals surface area contributed by atoms with Gasteiger partial charge in [0.1, 0.15) is 0 Å². The minimum Gasteiger partial charge on any atom is -0.326 e. The van der Waals surface area contributed by atoms with Crippen LogP contribution >= 0.6 is 11.6 Å². The molecule has 3 heteroatoms. The minimum atomic E-state index is 0.514. The highest BCUT2D eigenvalue weighted by Gasteiger charge is 2.09. The van der Waals surface area contributed by atoms with Gasteiger partial charge in [0.05, 0.1) is 0 Å². The van der Waals surface area contributed by atoms with Crippen molar-refractivity contribution in [2.45, 2.75) is 44.7 Å². The Bertz CT molecular complexity index is 309. The zero-order valence-corrected chi connectivity index (χ0v) is 11.3. The number of nitrogens with one attached hydrogen (secondary N) is 1. The molecule has 0 saturated heterocycles. The lowest BCUT2D eigenvalue weighted by Crippen LogP contribution is -2.26. The van der Waals surface area contributed by atoms with Crippen LogP contribution in [0.3, 0.4) is 0 Å². The van der Waals surface area contributed by atoms with Gasteiger partial charge < -0.3 is 11.1 Å². The van der Waals surface area contributed by atoms with Crippen LogP contribution in [0.15, 0.2) is 24.3 Å². The third-order valence-corrected chi connectivity index (χ3v) is 3.56. The molecule has 2 rings (SSSR count). The third-order valence-electron chi connectivity index (χ3n) is 3.19. The van der Waals surface area contributed by atoms with Gasteiger partial charge in [0, 0.05) is 17.6 Å². The minimum absolute atomic E-state index is 0.514. The molecule has 1 saturated carbocycles. The molecule has 1 aliphatic rings. The molecule has 0 radical (unpaired) electrons. The van der Waals surface area contributed by atoms with Crippen molar-refractivity contribution in [3.05, 3.63) is 34.9 Å². The van der Waals surface area contributed by atoms with Gasteiger partial charge in [0.15, 0.2) is 0 Å². The molecule has 0 aliphatic heterocycles. The monoisotopic (exact) mass is 254 g/mol. The molecule has 1 aliphatic carbocycles. The topological polar surface area (TPSA) is 38.0 Å². The highest BCUT2D eigenvalue weighted by Crippen LogP contribution is 2.16. The molecule has 1 fully saturated rings. The first-order chi connectivity index (χ1) is 8.27. The Labute approximate surface area is 110 Å². The van der Waals surface area contributed by atoms with Crippen LogP contribution in [0.1, 0.15) is 37.7 Å². The van der Waals surface area contributed by atoms with E-state index in [9.17, 15) is 0 Å². The number of rotatable bonds is 2. The lowest BCUT2D eigenvalue weighted by molar-refractivity contribution is 0.394. The van der Waals surface area contributed by atoms with Crippen LogP contribution in [0.4, 0.5) is 0 Å². The van der Waals surface area contributed by atoms with Crippen LogP contribution in [0.2, 0.25) is 5.02 Å². The predicted octanol–water partition coefficient (Wildman–Crippen LogP) is 3.34. The molecule has 0 bridgehead atoms. The first kappa shape index (κ1) is 14.5. The summed E-state index contributed by atoms with van der Waals surface area (Å²) in [5, 5.41) is 4.05. The molecule has 0 heterocycles. The molecule has 2 nitrogen and oxygen atoms in total. The average Bonchev–Trinajstić information content (AvgIpc) is 2.41. The molecule has 3 N–H and O–H groups in total. The molecule has 96 valence electrons. The van der Waals surface area contributed by atoms with Gasteiger partial charge >= 0.3 is 0 Å². The second kappa shape index (κ2) is 8.51. The van der Waals surface area contributed by atoms with Gasteiger partial charge in [-0.3, -0.25) is 0 Å². The molecular formula is C14H23ClN2. The maximum Gasteiger partial charge on any atom is 0.0450 e. The number of nitrogens with two attached hydrogens (primary N) is 1. The van der Waals surface area contributed by atoms with E-state index < -0.39 is 0 Å². The Hall–Kier alpha value is -0.570. The molecule has 0 spiro atoms. The second-order valence-electron chi connectivity index (χ2n) is 4.42. The summed E-state index contributed by atoms with van der Waals surface area (Å²) < 4.78 is 0. The predicted molar refractivity (Wildman–Crippen MR) is 75.3 cm³/mol. The number of hydrogen-bond donors (Lipinski definition) is 2. The zero-order valence-electron chi connectivity index (χ0n) is 10.6. The first-order valence-corrected chi connectivity index (χ1v) is 6.76. The van der Waals surface area contributed by atoms with Crippen molar-refractivity contribution in [2.75, 3.05) is 7.05 Å². The fourth-order valence-electron chi connectivity index (χ4n) is 2.06. The summed E-state index contributed by atoms with van der Waals surface area (Å²) in [6.07, 6.45) is 7.13. The molecule has 0 aromatic heterocycles. The summed E-state index contributed by atoms with van der Waals surface area (Å²) in [5.41, 5.74) is 6.37. The smallest absolute Gasteiger partial charge is 0.0450 e. The van der Waals surface area contributed by atoms with E-state index in [4.69, 9.17) is 17.3 Å². The summed E-state index contributed by atoms with van der Waals surface area (Å²) in [6.45, 7) is 0.514. The Morgan fingerprint density at radius 1 is 1.24 bits per heavy atom. The standard InChI is InChI=1S/C7H8ClN.C7H15N/c8-7-4-2-1-3-6(7)5-9;1-8-7-5-3-2-4-6-7/h1-4H,5,9H2;7-8H,2-6H2,1H3. The van der Waals surface area contributed by atoms with Crippen molar-refractivity contribution >= 4 is 11.6 Å². The third kappa shape index (κ3) is 5.53. The highest BCUT2D eigenvalue weighted by molar-refractivity contribution is 6.31. The summed E-state index contributed by atoms with van der Waals surface area (Å²) in [5.74, 6) is 0. The van der Waals surface area contributed by atoms with E-state index >= 15 is 0 Å². The second-order valence-corrected chi connectivity index (χ2v) is 4.83. The van der Waals surface area contributed by atoms with E-state index in [0.29, 0.717) is 6.54 Å². The van der Waals surface area contributed by atoms with Gasteiger partial charge in [-0.05, 0) is 31.5 Å². The SMILES string of the molecule is CNC1CCCCC1.NCc1ccccc1Cl. The van der Waals surface area contributed by atoms with Crippen LogP contribution in [0.5, 0.6) is 0 Å².